The fourth-order valence-electron chi connectivity index (χ4n) is 7.98. The lowest BCUT2D eigenvalue weighted by atomic mass is 10.1. The summed E-state index contributed by atoms with van der Waals surface area (Å²) >= 11 is 0. The van der Waals surface area contributed by atoms with E-state index in [1.807, 2.05) is 0 Å². The standard InChI is InChI=1S/C59H106O6/c1-4-7-10-13-16-19-22-25-28-29-30-31-32-35-37-40-43-46-49-52-58(61)64-55-56(65-59(62)53-50-47-44-41-38-34-27-24-21-18-15-12-9-6-3)54-63-57(60)51-48-45-42-39-36-33-26-23-20-17-14-11-8-5-2/h15,18,23-24,26-27,29-30,56H,4-14,16-17,19-22,25,28,31-55H2,1-3H3/b18-15-,26-23-,27-24-,30-29-/t56-/m1/s1. The van der Waals surface area contributed by atoms with E-state index in [1.54, 1.807) is 0 Å². The molecule has 0 saturated heterocycles. The maximum absolute atomic E-state index is 12.8. The SMILES string of the molecule is CCCC/C=C\C/C=C\CCCCCCCC(=O)O[C@H](COC(=O)CCCCCCC/C=C\CCCCCCC)COC(=O)CCCCCCCCC/C=C\CCCCCCCCCC. The van der Waals surface area contributed by atoms with Crippen LogP contribution in [0.3, 0.4) is 0 Å². The molecule has 378 valence electrons. The molecule has 0 amide bonds. The predicted octanol–water partition coefficient (Wildman–Crippen LogP) is 18.7. The van der Waals surface area contributed by atoms with Gasteiger partial charge in [-0.3, -0.25) is 14.4 Å². The highest BCUT2D eigenvalue weighted by atomic mass is 16.6. The monoisotopic (exact) mass is 911 g/mol. The van der Waals surface area contributed by atoms with Crippen LogP contribution in [0.25, 0.3) is 0 Å². The minimum Gasteiger partial charge on any atom is -0.462 e. The molecule has 0 aromatic rings. The number of ether oxygens (including phenoxy) is 3. The van der Waals surface area contributed by atoms with Crippen molar-refractivity contribution in [1.82, 2.24) is 0 Å². The van der Waals surface area contributed by atoms with Gasteiger partial charge in [0.1, 0.15) is 13.2 Å². The van der Waals surface area contributed by atoms with Crippen molar-refractivity contribution in [3.8, 4) is 0 Å². The number of carbonyl (C=O) groups excluding carboxylic acids is 3. The number of esters is 3. The van der Waals surface area contributed by atoms with Gasteiger partial charge in [0.05, 0.1) is 0 Å². The Morgan fingerprint density at radius 2 is 0.569 bits per heavy atom. The van der Waals surface area contributed by atoms with Crippen molar-refractivity contribution < 1.29 is 28.6 Å². The van der Waals surface area contributed by atoms with E-state index in [9.17, 15) is 14.4 Å². The molecule has 0 fully saturated rings. The Balaban J connectivity index is 4.37. The van der Waals surface area contributed by atoms with Crippen LogP contribution in [0.1, 0.15) is 290 Å². The van der Waals surface area contributed by atoms with Crippen LogP contribution in [0.5, 0.6) is 0 Å². The maximum atomic E-state index is 12.8. The van der Waals surface area contributed by atoms with E-state index in [2.05, 4.69) is 69.4 Å². The molecule has 6 heteroatoms. The molecule has 0 aromatic carbocycles. The minimum absolute atomic E-state index is 0.0826. The second kappa shape index (κ2) is 54.0. The highest BCUT2D eigenvalue weighted by molar-refractivity contribution is 5.71. The molecule has 0 spiro atoms. The number of hydrogen-bond acceptors (Lipinski definition) is 6. The third kappa shape index (κ3) is 52.2. The van der Waals surface area contributed by atoms with Gasteiger partial charge in [-0.1, -0.05) is 223 Å². The maximum Gasteiger partial charge on any atom is 0.306 e. The minimum atomic E-state index is -0.784. The van der Waals surface area contributed by atoms with Crippen LogP contribution in [0.4, 0.5) is 0 Å². The van der Waals surface area contributed by atoms with Gasteiger partial charge in [0.15, 0.2) is 6.10 Å². The largest absolute Gasteiger partial charge is 0.462 e. The van der Waals surface area contributed by atoms with E-state index in [0.29, 0.717) is 19.3 Å². The van der Waals surface area contributed by atoms with E-state index in [1.165, 1.54) is 161 Å². The third-order valence-electron chi connectivity index (χ3n) is 12.3. The summed E-state index contributed by atoms with van der Waals surface area (Å²) in [5, 5.41) is 0. The molecule has 0 aromatic heterocycles. The Hall–Kier alpha value is -2.63. The summed E-state index contributed by atoms with van der Waals surface area (Å²) in [4.78, 5) is 38.1. The topological polar surface area (TPSA) is 78.9 Å². The Kier molecular flexibility index (Phi) is 51.8. The average Bonchev–Trinajstić information content (AvgIpc) is 3.30. The Labute approximate surface area is 403 Å². The Morgan fingerprint density at radius 3 is 0.908 bits per heavy atom. The zero-order valence-corrected chi connectivity index (χ0v) is 43.3. The summed E-state index contributed by atoms with van der Waals surface area (Å²) < 4.78 is 16.8. The van der Waals surface area contributed by atoms with Crippen molar-refractivity contribution in [3.05, 3.63) is 48.6 Å². The lowest BCUT2D eigenvalue weighted by molar-refractivity contribution is -0.167. The van der Waals surface area contributed by atoms with Gasteiger partial charge in [-0.05, 0) is 96.3 Å². The van der Waals surface area contributed by atoms with Crippen LogP contribution in [0.15, 0.2) is 48.6 Å². The molecule has 65 heavy (non-hydrogen) atoms. The molecular weight excluding hydrogens is 805 g/mol. The van der Waals surface area contributed by atoms with Gasteiger partial charge in [0.2, 0.25) is 0 Å². The molecule has 0 heterocycles. The van der Waals surface area contributed by atoms with Crippen LogP contribution in [0, 0.1) is 0 Å². The van der Waals surface area contributed by atoms with E-state index in [4.69, 9.17) is 14.2 Å². The first-order valence-electron chi connectivity index (χ1n) is 28.1. The molecule has 0 bridgehead atoms. The molecule has 0 aliphatic carbocycles. The molecule has 0 rings (SSSR count). The van der Waals surface area contributed by atoms with Crippen LogP contribution in [-0.2, 0) is 28.6 Å². The molecule has 0 saturated carbocycles. The molecule has 0 N–H and O–H groups in total. The summed E-state index contributed by atoms with van der Waals surface area (Å²) in [6, 6.07) is 0. The summed E-state index contributed by atoms with van der Waals surface area (Å²) in [6.45, 7) is 6.59. The third-order valence-corrected chi connectivity index (χ3v) is 12.3. The molecule has 0 unspecified atom stereocenters. The van der Waals surface area contributed by atoms with Gasteiger partial charge in [-0.2, -0.15) is 0 Å². The fraction of sp³-hybridized carbons (Fsp3) is 0.814. The number of unbranched alkanes of at least 4 members (excludes halogenated alkanes) is 32. The van der Waals surface area contributed by atoms with Crippen LogP contribution in [-0.4, -0.2) is 37.2 Å². The quantitative estimate of drug-likeness (QED) is 0.0262. The number of carbonyl (C=O) groups is 3. The lowest BCUT2D eigenvalue weighted by Gasteiger charge is -2.18. The zero-order chi connectivity index (χ0) is 47.2. The van der Waals surface area contributed by atoms with E-state index >= 15 is 0 Å². The summed E-state index contributed by atoms with van der Waals surface area (Å²) in [7, 11) is 0. The van der Waals surface area contributed by atoms with Crippen molar-refractivity contribution in [1.29, 1.82) is 0 Å². The highest BCUT2D eigenvalue weighted by Crippen LogP contribution is 2.15. The Morgan fingerprint density at radius 1 is 0.308 bits per heavy atom. The van der Waals surface area contributed by atoms with Crippen LogP contribution < -0.4 is 0 Å². The smallest absolute Gasteiger partial charge is 0.306 e. The van der Waals surface area contributed by atoms with Crippen molar-refractivity contribution in [2.75, 3.05) is 13.2 Å². The lowest BCUT2D eigenvalue weighted by Crippen LogP contribution is -2.30. The second-order valence-corrected chi connectivity index (χ2v) is 18.8. The first kappa shape index (κ1) is 62.4. The number of hydrogen-bond donors (Lipinski definition) is 0. The van der Waals surface area contributed by atoms with Crippen LogP contribution in [0.2, 0.25) is 0 Å². The molecule has 0 aliphatic heterocycles. The molecular formula is C59H106O6. The van der Waals surface area contributed by atoms with Crippen LogP contribution >= 0.6 is 0 Å². The average molecular weight is 911 g/mol. The summed E-state index contributed by atoms with van der Waals surface area (Å²) in [5.74, 6) is -0.899. The van der Waals surface area contributed by atoms with Crippen molar-refractivity contribution in [2.45, 2.75) is 297 Å². The van der Waals surface area contributed by atoms with Gasteiger partial charge in [0, 0.05) is 19.3 Å². The van der Waals surface area contributed by atoms with E-state index < -0.39 is 6.10 Å². The summed E-state index contributed by atoms with van der Waals surface area (Å²) in [5.41, 5.74) is 0. The highest BCUT2D eigenvalue weighted by Gasteiger charge is 2.19. The van der Waals surface area contributed by atoms with Gasteiger partial charge < -0.3 is 14.2 Å². The number of rotatable bonds is 51. The first-order valence-corrected chi connectivity index (χ1v) is 28.1. The molecule has 0 radical (unpaired) electrons. The Bertz CT molecular complexity index is 1140. The van der Waals surface area contributed by atoms with Gasteiger partial charge >= 0.3 is 17.9 Å². The normalized spacial score (nSPS) is 12.4. The second-order valence-electron chi connectivity index (χ2n) is 18.8. The molecule has 0 aliphatic rings. The first-order chi connectivity index (χ1) is 32.0. The van der Waals surface area contributed by atoms with Crippen molar-refractivity contribution >= 4 is 17.9 Å². The van der Waals surface area contributed by atoms with Crippen molar-refractivity contribution in [2.24, 2.45) is 0 Å². The van der Waals surface area contributed by atoms with E-state index in [0.717, 1.165) is 89.9 Å². The van der Waals surface area contributed by atoms with Crippen molar-refractivity contribution in [3.63, 3.8) is 0 Å². The van der Waals surface area contributed by atoms with E-state index in [-0.39, 0.29) is 31.1 Å². The number of allylic oxidation sites excluding steroid dienone is 8. The summed E-state index contributed by atoms with van der Waals surface area (Å²) in [6.07, 6.45) is 65.2. The zero-order valence-electron chi connectivity index (χ0n) is 43.3. The fourth-order valence-corrected chi connectivity index (χ4v) is 7.98. The molecule has 1 atom stereocenters. The molecule has 6 nitrogen and oxygen atoms in total. The predicted molar refractivity (Wildman–Crippen MR) is 279 cm³/mol. The van der Waals surface area contributed by atoms with Gasteiger partial charge in [-0.25, -0.2) is 0 Å². The van der Waals surface area contributed by atoms with Gasteiger partial charge in [0.25, 0.3) is 0 Å². The van der Waals surface area contributed by atoms with Gasteiger partial charge in [-0.15, -0.1) is 0 Å².